The highest BCUT2D eigenvalue weighted by Crippen LogP contribution is 2.34. The molecular weight excluding hydrogens is 452 g/mol. The van der Waals surface area contributed by atoms with E-state index >= 15 is 0 Å². The molecule has 4 aromatic carbocycles. The van der Waals surface area contributed by atoms with Crippen LogP contribution in [0.5, 0.6) is 11.5 Å². The topological polar surface area (TPSA) is 98.7 Å². The maximum absolute atomic E-state index is 12.6. The summed E-state index contributed by atoms with van der Waals surface area (Å²) < 4.78 is 0. The van der Waals surface area contributed by atoms with Gasteiger partial charge in [-0.25, -0.2) is 0 Å². The van der Waals surface area contributed by atoms with E-state index in [2.05, 4.69) is 10.6 Å². The van der Waals surface area contributed by atoms with Gasteiger partial charge >= 0.3 is 0 Å². The van der Waals surface area contributed by atoms with Crippen molar-refractivity contribution in [2.75, 3.05) is 10.6 Å². The molecule has 4 rings (SSSR count). The summed E-state index contributed by atoms with van der Waals surface area (Å²) in [6, 6.07) is 20.6. The van der Waals surface area contributed by atoms with Crippen LogP contribution in [0, 0.1) is 27.7 Å². The van der Waals surface area contributed by atoms with Crippen molar-refractivity contribution in [2.24, 2.45) is 0 Å². The molecule has 0 bridgehead atoms. The maximum Gasteiger partial charge on any atom is 0.255 e. The zero-order valence-corrected chi connectivity index (χ0v) is 20.6. The zero-order chi connectivity index (χ0) is 26.0. The van der Waals surface area contributed by atoms with E-state index < -0.39 is 0 Å². The van der Waals surface area contributed by atoms with Crippen LogP contribution in [0.2, 0.25) is 0 Å². The van der Waals surface area contributed by atoms with Gasteiger partial charge in [0.1, 0.15) is 11.5 Å². The molecule has 4 N–H and O–H groups in total. The monoisotopic (exact) mass is 480 g/mol. The Kier molecular flexibility index (Phi) is 6.79. The number of phenols is 2. The number of aryl methyl sites for hydroxylation is 4. The Labute approximate surface area is 210 Å². The van der Waals surface area contributed by atoms with E-state index in [0.29, 0.717) is 22.3 Å². The van der Waals surface area contributed by atoms with Crippen molar-refractivity contribution in [1.29, 1.82) is 0 Å². The number of nitrogens with one attached hydrogen (secondary N) is 2. The first kappa shape index (κ1) is 24.5. The highest BCUT2D eigenvalue weighted by atomic mass is 16.3. The Hall–Kier alpha value is -4.58. The van der Waals surface area contributed by atoms with Gasteiger partial charge in [-0.05, 0) is 110 Å². The van der Waals surface area contributed by atoms with Crippen LogP contribution in [0.15, 0.2) is 72.8 Å². The molecule has 0 atom stereocenters. The third-order valence-electron chi connectivity index (χ3n) is 6.36. The van der Waals surface area contributed by atoms with E-state index in [1.54, 1.807) is 48.5 Å². The Morgan fingerprint density at radius 2 is 0.917 bits per heavy atom. The van der Waals surface area contributed by atoms with Gasteiger partial charge < -0.3 is 20.8 Å². The van der Waals surface area contributed by atoms with E-state index in [0.717, 1.165) is 22.3 Å². The lowest BCUT2D eigenvalue weighted by molar-refractivity contribution is 0.101. The van der Waals surface area contributed by atoms with E-state index in [4.69, 9.17) is 0 Å². The molecule has 182 valence electrons. The number of hydrogen-bond acceptors (Lipinski definition) is 4. The predicted octanol–water partition coefficient (Wildman–Crippen LogP) is 6.50. The summed E-state index contributed by atoms with van der Waals surface area (Å²) in [7, 11) is 0. The number of hydrogen-bond donors (Lipinski definition) is 4. The molecule has 0 saturated carbocycles. The SMILES string of the molecule is Cc1ccc(C(=O)Nc2ccc(-c3ccc(NC(=O)c4ccc(C)c(C)c4)c(O)c3)cc2O)cc1C. The average Bonchev–Trinajstić information content (AvgIpc) is 2.84. The van der Waals surface area contributed by atoms with Crippen LogP contribution in [-0.4, -0.2) is 22.0 Å². The van der Waals surface area contributed by atoms with Gasteiger partial charge in [-0.3, -0.25) is 9.59 Å². The Morgan fingerprint density at radius 3 is 1.25 bits per heavy atom. The third kappa shape index (κ3) is 5.23. The number of rotatable bonds is 5. The lowest BCUT2D eigenvalue weighted by atomic mass is 10.0. The number of carbonyl (C=O) groups is 2. The van der Waals surface area contributed by atoms with E-state index in [9.17, 15) is 19.8 Å². The van der Waals surface area contributed by atoms with Gasteiger partial charge in [0.05, 0.1) is 11.4 Å². The average molecular weight is 481 g/mol. The van der Waals surface area contributed by atoms with Gasteiger partial charge in [-0.1, -0.05) is 24.3 Å². The maximum atomic E-state index is 12.6. The van der Waals surface area contributed by atoms with E-state index in [-0.39, 0.29) is 34.7 Å². The number of benzene rings is 4. The van der Waals surface area contributed by atoms with E-state index in [1.807, 2.05) is 39.8 Å². The summed E-state index contributed by atoms with van der Waals surface area (Å²) in [6.07, 6.45) is 0. The molecule has 0 saturated heterocycles. The lowest BCUT2D eigenvalue weighted by Crippen LogP contribution is -2.12. The highest BCUT2D eigenvalue weighted by molar-refractivity contribution is 6.06. The number of anilines is 2. The molecule has 36 heavy (non-hydrogen) atoms. The van der Waals surface area contributed by atoms with Crippen molar-refractivity contribution in [1.82, 2.24) is 0 Å². The van der Waals surface area contributed by atoms with Gasteiger partial charge in [0, 0.05) is 11.1 Å². The van der Waals surface area contributed by atoms with Crippen LogP contribution in [-0.2, 0) is 0 Å². The fraction of sp³-hybridized carbons (Fsp3) is 0.133. The van der Waals surface area contributed by atoms with Crippen LogP contribution >= 0.6 is 0 Å². The first-order valence-corrected chi connectivity index (χ1v) is 11.6. The standard InChI is InChI=1S/C30H28N2O4/c1-17-5-7-23(13-19(17)3)29(35)31-25-11-9-21(15-27(25)33)22-10-12-26(28(34)16-22)32-30(36)24-8-6-18(2)20(4)14-24/h5-16,33-34H,1-4H3,(H,31,35)(H,32,36). The lowest BCUT2D eigenvalue weighted by Gasteiger charge is -2.12. The molecule has 0 aromatic heterocycles. The number of aromatic hydroxyl groups is 2. The second kappa shape index (κ2) is 9.96. The molecule has 0 radical (unpaired) electrons. The van der Waals surface area contributed by atoms with Crippen LogP contribution in [0.4, 0.5) is 11.4 Å². The Morgan fingerprint density at radius 1 is 0.528 bits per heavy atom. The fourth-order valence-electron chi connectivity index (χ4n) is 3.79. The molecule has 0 aliphatic rings. The van der Waals surface area contributed by atoms with Gasteiger partial charge in [0.15, 0.2) is 0 Å². The molecule has 6 heteroatoms. The molecule has 0 heterocycles. The van der Waals surface area contributed by atoms with Crippen LogP contribution in [0.25, 0.3) is 11.1 Å². The fourth-order valence-corrected chi connectivity index (χ4v) is 3.79. The third-order valence-corrected chi connectivity index (χ3v) is 6.36. The summed E-state index contributed by atoms with van der Waals surface area (Å²) in [5, 5.41) is 26.5. The molecule has 0 spiro atoms. The van der Waals surface area contributed by atoms with Crippen LogP contribution < -0.4 is 10.6 Å². The van der Waals surface area contributed by atoms with Gasteiger partial charge in [-0.15, -0.1) is 0 Å². The molecule has 0 unspecified atom stereocenters. The first-order valence-electron chi connectivity index (χ1n) is 11.6. The van der Waals surface area contributed by atoms with Gasteiger partial charge in [0.25, 0.3) is 11.8 Å². The Balaban J connectivity index is 1.49. The van der Waals surface area contributed by atoms with Crippen molar-refractivity contribution in [2.45, 2.75) is 27.7 Å². The summed E-state index contributed by atoms with van der Waals surface area (Å²) in [4.78, 5) is 25.2. The minimum absolute atomic E-state index is 0.101. The van der Waals surface area contributed by atoms with Crippen LogP contribution in [0.1, 0.15) is 43.0 Å². The minimum atomic E-state index is -0.317. The summed E-state index contributed by atoms with van der Waals surface area (Å²) in [6.45, 7) is 7.83. The molecule has 0 aliphatic heterocycles. The Bertz CT molecular complexity index is 1380. The van der Waals surface area contributed by atoms with Crippen molar-refractivity contribution >= 4 is 23.2 Å². The number of amides is 2. The molecular formula is C30H28N2O4. The second-order valence-electron chi connectivity index (χ2n) is 8.97. The first-order chi connectivity index (χ1) is 17.1. The molecule has 0 fully saturated rings. The molecule has 6 nitrogen and oxygen atoms in total. The minimum Gasteiger partial charge on any atom is -0.506 e. The van der Waals surface area contributed by atoms with Gasteiger partial charge in [0.2, 0.25) is 0 Å². The van der Waals surface area contributed by atoms with Crippen LogP contribution in [0.3, 0.4) is 0 Å². The number of phenolic OH excluding ortho intramolecular Hbond substituents is 2. The van der Waals surface area contributed by atoms with Crippen molar-refractivity contribution in [3.05, 3.63) is 106 Å². The van der Waals surface area contributed by atoms with E-state index in [1.165, 1.54) is 12.1 Å². The van der Waals surface area contributed by atoms with Crippen molar-refractivity contribution < 1.29 is 19.8 Å². The van der Waals surface area contributed by atoms with Crippen molar-refractivity contribution in [3.63, 3.8) is 0 Å². The summed E-state index contributed by atoms with van der Waals surface area (Å²) in [5.41, 5.74) is 7.06. The van der Waals surface area contributed by atoms with Gasteiger partial charge in [-0.2, -0.15) is 0 Å². The molecule has 2 amide bonds. The number of carbonyl (C=O) groups excluding carboxylic acids is 2. The highest BCUT2D eigenvalue weighted by Gasteiger charge is 2.14. The second-order valence-corrected chi connectivity index (χ2v) is 8.97. The predicted molar refractivity (Wildman–Crippen MR) is 143 cm³/mol. The quantitative estimate of drug-likeness (QED) is 0.245. The van der Waals surface area contributed by atoms with Crippen molar-refractivity contribution in [3.8, 4) is 22.6 Å². The largest absolute Gasteiger partial charge is 0.506 e. The smallest absolute Gasteiger partial charge is 0.255 e. The molecule has 4 aromatic rings. The normalized spacial score (nSPS) is 10.7. The molecule has 0 aliphatic carbocycles. The summed E-state index contributed by atoms with van der Waals surface area (Å²) in [5.74, 6) is -0.835. The zero-order valence-electron chi connectivity index (χ0n) is 20.6. The summed E-state index contributed by atoms with van der Waals surface area (Å²) >= 11 is 0.